The first kappa shape index (κ1) is 29.1. The fraction of sp³-hybridized carbons (Fsp3) is 0.483. The average molecular weight is 572 g/mol. The lowest BCUT2D eigenvalue weighted by Gasteiger charge is -2.42. The highest BCUT2D eigenvalue weighted by atomic mass is 16.7. The fourth-order valence-electron chi connectivity index (χ4n) is 5.93. The van der Waals surface area contributed by atoms with Gasteiger partial charge in [-0.15, -0.1) is 0 Å². The standard InChI is InChI=1S/C29H33NO11/c1-4-39-11-18(31)29(37)9-14-21(17(10-29)41-19-8-15(30)24(32)12(2)40-19)28(36)23-22(26(14)34)25(33)13-6-5-7-16(38-3)20(13)27(23)35/h5-7,12,15,17,19,24,32,34,36-37H,4,8-11,30H2,1-3H3/t12?,15?,17-,19?,24?,29-/m0/s1. The summed E-state index contributed by atoms with van der Waals surface area (Å²) >= 11 is 0. The van der Waals surface area contributed by atoms with Crippen LogP contribution < -0.4 is 10.5 Å². The van der Waals surface area contributed by atoms with Crippen LogP contribution in [-0.4, -0.2) is 88.2 Å². The van der Waals surface area contributed by atoms with E-state index in [0.717, 1.165) is 0 Å². The monoisotopic (exact) mass is 571 g/mol. The summed E-state index contributed by atoms with van der Waals surface area (Å²) < 4.78 is 22.4. The fourth-order valence-corrected chi connectivity index (χ4v) is 5.93. The van der Waals surface area contributed by atoms with E-state index >= 15 is 0 Å². The van der Waals surface area contributed by atoms with Crippen molar-refractivity contribution in [1.29, 1.82) is 0 Å². The lowest BCUT2D eigenvalue weighted by atomic mass is 9.72. The summed E-state index contributed by atoms with van der Waals surface area (Å²) in [6.45, 7) is 3.08. The third-order valence-electron chi connectivity index (χ3n) is 8.10. The van der Waals surface area contributed by atoms with Gasteiger partial charge in [-0.1, -0.05) is 12.1 Å². The molecule has 0 spiro atoms. The highest BCUT2D eigenvalue weighted by Gasteiger charge is 2.50. The Morgan fingerprint density at radius 3 is 2.51 bits per heavy atom. The van der Waals surface area contributed by atoms with Crippen LogP contribution >= 0.6 is 0 Å². The van der Waals surface area contributed by atoms with E-state index in [9.17, 15) is 34.8 Å². The van der Waals surface area contributed by atoms with Crippen LogP contribution in [0.1, 0.15) is 75.8 Å². The quantitative estimate of drug-likeness (QED) is 0.253. The first-order valence-corrected chi connectivity index (χ1v) is 13.4. The van der Waals surface area contributed by atoms with Crippen molar-refractivity contribution in [3.05, 3.63) is 51.6 Å². The number of rotatable bonds is 7. The number of nitrogens with two attached hydrogens (primary N) is 1. The van der Waals surface area contributed by atoms with Gasteiger partial charge in [0.2, 0.25) is 5.78 Å². The third kappa shape index (κ3) is 4.70. The molecule has 0 radical (unpaired) electrons. The Morgan fingerprint density at radius 1 is 1.15 bits per heavy atom. The van der Waals surface area contributed by atoms with Crippen LogP contribution in [0.25, 0.3) is 0 Å². The Morgan fingerprint density at radius 2 is 1.85 bits per heavy atom. The molecule has 12 heteroatoms. The van der Waals surface area contributed by atoms with Crippen LogP contribution in [0.2, 0.25) is 0 Å². The predicted octanol–water partition coefficient (Wildman–Crippen LogP) is 1.05. The molecule has 3 aliphatic rings. The number of phenolic OH excluding ortho intramolecular Hbond substituents is 2. The van der Waals surface area contributed by atoms with Crippen molar-refractivity contribution in [3.8, 4) is 17.2 Å². The number of aromatic hydroxyl groups is 2. The molecule has 1 fully saturated rings. The highest BCUT2D eigenvalue weighted by molar-refractivity contribution is 6.31. The molecule has 41 heavy (non-hydrogen) atoms. The summed E-state index contributed by atoms with van der Waals surface area (Å²) in [5.74, 6) is -3.34. The maximum atomic E-state index is 13.7. The van der Waals surface area contributed by atoms with Crippen molar-refractivity contribution in [2.45, 2.75) is 69.4 Å². The molecule has 0 saturated carbocycles. The molecule has 2 aliphatic carbocycles. The summed E-state index contributed by atoms with van der Waals surface area (Å²) in [7, 11) is 1.34. The Kier molecular flexibility index (Phi) is 7.66. The Bertz CT molecular complexity index is 1410. The molecule has 4 unspecified atom stereocenters. The minimum atomic E-state index is -2.12. The molecule has 1 aliphatic heterocycles. The number of ketones is 3. The van der Waals surface area contributed by atoms with Gasteiger partial charge >= 0.3 is 0 Å². The van der Waals surface area contributed by atoms with Crippen LogP contribution in [0.4, 0.5) is 0 Å². The zero-order chi connectivity index (χ0) is 29.8. The minimum absolute atomic E-state index is 0.0278. The molecule has 2 aromatic rings. The summed E-state index contributed by atoms with van der Waals surface area (Å²) in [5.41, 5.74) is 2.78. The van der Waals surface area contributed by atoms with E-state index in [1.807, 2.05) is 0 Å². The van der Waals surface area contributed by atoms with Crippen LogP contribution in [0.5, 0.6) is 17.2 Å². The topological polar surface area (TPSA) is 195 Å². The number of fused-ring (bicyclic) bond motifs is 3. The lowest BCUT2D eigenvalue weighted by molar-refractivity contribution is -0.247. The van der Waals surface area contributed by atoms with E-state index in [2.05, 4.69) is 0 Å². The number of hydrogen-bond acceptors (Lipinski definition) is 12. The molecule has 12 nitrogen and oxygen atoms in total. The molecule has 6 N–H and O–H groups in total. The van der Waals surface area contributed by atoms with Crippen molar-refractivity contribution in [2.24, 2.45) is 5.73 Å². The van der Waals surface area contributed by atoms with Crippen molar-refractivity contribution >= 4 is 17.3 Å². The Labute approximate surface area is 235 Å². The first-order valence-electron chi connectivity index (χ1n) is 13.4. The second-order valence-corrected chi connectivity index (χ2v) is 10.6. The summed E-state index contributed by atoms with van der Waals surface area (Å²) in [6.07, 6.45) is -4.80. The Hall–Kier alpha value is -3.39. The van der Waals surface area contributed by atoms with Crippen LogP contribution in [-0.2, 0) is 25.4 Å². The minimum Gasteiger partial charge on any atom is -0.507 e. The summed E-state index contributed by atoms with van der Waals surface area (Å²) in [5, 5.41) is 44.8. The lowest BCUT2D eigenvalue weighted by Crippen LogP contribution is -2.53. The average Bonchev–Trinajstić information content (AvgIpc) is 2.94. The van der Waals surface area contributed by atoms with E-state index < -0.39 is 89.2 Å². The molecule has 0 amide bonds. The number of benzene rings is 2. The van der Waals surface area contributed by atoms with Gasteiger partial charge in [-0.25, -0.2) is 0 Å². The van der Waals surface area contributed by atoms with Crippen molar-refractivity contribution in [1.82, 2.24) is 0 Å². The number of ether oxygens (including phenoxy) is 4. The van der Waals surface area contributed by atoms with E-state index in [-0.39, 0.29) is 47.5 Å². The second kappa shape index (κ2) is 10.8. The van der Waals surface area contributed by atoms with Crippen molar-refractivity contribution in [3.63, 3.8) is 0 Å². The molecular formula is C29H33NO11. The maximum Gasteiger partial charge on any atom is 0.202 e. The van der Waals surface area contributed by atoms with Gasteiger partial charge in [0.15, 0.2) is 17.9 Å². The SMILES string of the molecule is CCOCC(=O)[C@]1(O)Cc2c(O)c3c(c(O)c2[C@@H](OC2CC(N)C(O)C(C)O2)C1)C(=O)c1c(OC)cccc1C3=O. The number of carbonyl (C=O) groups is 3. The second-order valence-electron chi connectivity index (χ2n) is 10.6. The summed E-state index contributed by atoms with van der Waals surface area (Å²) in [4.78, 5) is 40.4. The molecular weight excluding hydrogens is 538 g/mol. The smallest absolute Gasteiger partial charge is 0.202 e. The van der Waals surface area contributed by atoms with Gasteiger partial charge in [-0.3, -0.25) is 14.4 Å². The largest absolute Gasteiger partial charge is 0.507 e. The zero-order valence-electron chi connectivity index (χ0n) is 22.9. The van der Waals surface area contributed by atoms with Crippen LogP contribution in [0.3, 0.4) is 0 Å². The molecule has 1 saturated heterocycles. The predicted molar refractivity (Wildman–Crippen MR) is 141 cm³/mol. The zero-order valence-corrected chi connectivity index (χ0v) is 22.9. The number of aliphatic hydroxyl groups excluding tert-OH is 1. The molecule has 220 valence electrons. The van der Waals surface area contributed by atoms with Gasteiger partial charge in [0.05, 0.1) is 42.1 Å². The Balaban J connectivity index is 1.67. The van der Waals surface area contributed by atoms with Crippen molar-refractivity contribution < 1.29 is 53.8 Å². The number of phenols is 2. The maximum absolute atomic E-state index is 13.7. The molecule has 0 bridgehead atoms. The van der Waals surface area contributed by atoms with Gasteiger partial charge in [0.1, 0.15) is 29.5 Å². The van der Waals surface area contributed by atoms with Crippen molar-refractivity contribution in [2.75, 3.05) is 20.3 Å². The first-order chi connectivity index (χ1) is 19.4. The van der Waals surface area contributed by atoms with Gasteiger partial charge in [-0.2, -0.15) is 0 Å². The third-order valence-corrected chi connectivity index (χ3v) is 8.10. The molecule has 0 aromatic heterocycles. The molecule has 2 aromatic carbocycles. The molecule has 1 heterocycles. The van der Waals surface area contributed by atoms with Gasteiger partial charge < -0.3 is 45.1 Å². The van der Waals surface area contributed by atoms with E-state index in [4.69, 9.17) is 24.7 Å². The molecule has 6 atom stereocenters. The number of methoxy groups -OCH3 is 1. The number of aliphatic hydroxyl groups is 2. The van der Waals surface area contributed by atoms with Crippen LogP contribution in [0, 0.1) is 0 Å². The number of carbonyl (C=O) groups excluding carboxylic acids is 3. The summed E-state index contributed by atoms with van der Waals surface area (Å²) in [6, 6.07) is 3.72. The highest BCUT2D eigenvalue weighted by Crippen LogP contribution is 2.52. The van der Waals surface area contributed by atoms with Crippen LogP contribution in [0.15, 0.2) is 18.2 Å². The normalized spacial score (nSPS) is 29.0. The number of hydrogen-bond donors (Lipinski definition) is 5. The van der Waals surface area contributed by atoms with E-state index in [1.165, 1.54) is 25.3 Å². The number of Topliss-reactive ketones (excluding diaryl/α,β-unsaturated/α-hetero) is 1. The van der Waals surface area contributed by atoms with E-state index in [0.29, 0.717) is 0 Å². The molecule has 5 rings (SSSR count). The van der Waals surface area contributed by atoms with Gasteiger partial charge in [0, 0.05) is 48.6 Å². The van der Waals surface area contributed by atoms with E-state index in [1.54, 1.807) is 13.8 Å². The van der Waals surface area contributed by atoms with Gasteiger partial charge in [0.25, 0.3) is 0 Å². The van der Waals surface area contributed by atoms with Gasteiger partial charge in [-0.05, 0) is 19.9 Å².